The SMILES string of the molecule is [2H]C([2H])([2H])C([2H])(C([2H])([2H])[2H])[P+](c1ccccc1)(c1ccccc1)c1ccccc1.[Br-]. The molecule has 0 radical (unpaired) electrons. The number of benzene rings is 3. The van der Waals surface area contributed by atoms with Crippen molar-refractivity contribution in [2.45, 2.75) is 19.3 Å². The van der Waals surface area contributed by atoms with Gasteiger partial charge in [0.15, 0.2) is 0 Å². The largest absolute Gasteiger partial charge is 1.00 e. The molecule has 0 saturated heterocycles. The van der Waals surface area contributed by atoms with E-state index < -0.39 is 26.6 Å². The van der Waals surface area contributed by atoms with Gasteiger partial charge in [-0.25, -0.2) is 0 Å². The van der Waals surface area contributed by atoms with Crippen LogP contribution in [0, 0.1) is 0 Å². The van der Waals surface area contributed by atoms with Crippen LogP contribution in [-0.2, 0) is 0 Å². The molecular formula is C21H22BrP. The van der Waals surface area contributed by atoms with Gasteiger partial charge in [0.2, 0.25) is 0 Å². The lowest BCUT2D eigenvalue weighted by molar-refractivity contribution is -0.00000438. The van der Waals surface area contributed by atoms with Gasteiger partial charge >= 0.3 is 0 Å². The van der Waals surface area contributed by atoms with Gasteiger partial charge in [-0.1, -0.05) is 54.6 Å². The fraction of sp³-hybridized carbons (Fsp3) is 0.143. The number of rotatable bonds is 4. The summed E-state index contributed by atoms with van der Waals surface area (Å²) in [6.07, 6.45) is 0. The highest BCUT2D eigenvalue weighted by Crippen LogP contribution is 2.59. The maximum Gasteiger partial charge on any atom is 0.114 e. The molecule has 0 bridgehead atoms. The zero-order valence-electron chi connectivity index (χ0n) is 19.5. The van der Waals surface area contributed by atoms with Crippen LogP contribution in [0.2, 0.25) is 0 Å². The van der Waals surface area contributed by atoms with Crippen LogP contribution in [0.5, 0.6) is 0 Å². The second-order valence-electron chi connectivity index (χ2n) is 5.03. The zero-order valence-corrected chi connectivity index (χ0v) is 15.0. The molecule has 0 spiro atoms. The first kappa shape index (κ1) is 10.4. The molecule has 3 rings (SSSR count). The van der Waals surface area contributed by atoms with Crippen molar-refractivity contribution in [3.05, 3.63) is 91.0 Å². The monoisotopic (exact) mass is 391 g/mol. The lowest BCUT2D eigenvalue weighted by atomic mass is 10.3. The topological polar surface area (TPSA) is 0 Å². The maximum absolute atomic E-state index is 9.27. The summed E-state index contributed by atoms with van der Waals surface area (Å²) in [5.41, 5.74) is -2.74. The summed E-state index contributed by atoms with van der Waals surface area (Å²) >= 11 is 0. The summed E-state index contributed by atoms with van der Waals surface area (Å²) in [6, 6.07) is 26.4. The Morgan fingerprint density at radius 3 is 1.22 bits per heavy atom. The molecule has 0 atom stereocenters. The fourth-order valence-electron chi connectivity index (χ4n) is 2.79. The van der Waals surface area contributed by atoms with E-state index in [-0.39, 0.29) is 17.0 Å². The second kappa shape index (κ2) is 7.90. The predicted molar refractivity (Wildman–Crippen MR) is 100 cm³/mol. The Balaban J connectivity index is 0.00000320. The highest BCUT2D eigenvalue weighted by atomic mass is 79.9. The molecule has 23 heavy (non-hydrogen) atoms. The molecule has 3 aromatic rings. The zero-order chi connectivity index (χ0) is 21.3. The summed E-state index contributed by atoms with van der Waals surface area (Å²) in [7, 11) is -3.48. The van der Waals surface area contributed by atoms with Crippen LogP contribution in [0.25, 0.3) is 0 Å². The Bertz CT molecular complexity index is 831. The van der Waals surface area contributed by atoms with Gasteiger partial charge in [0.25, 0.3) is 0 Å². The van der Waals surface area contributed by atoms with Crippen LogP contribution in [0.4, 0.5) is 0 Å². The van der Waals surface area contributed by atoms with Gasteiger partial charge in [0.05, 0.1) is 7.01 Å². The first-order chi connectivity index (χ1) is 13.6. The van der Waals surface area contributed by atoms with E-state index in [1.807, 2.05) is 0 Å². The third-order valence-electron chi connectivity index (χ3n) is 3.77. The third kappa shape index (κ3) is 3.27. The Morgan fingerprint density at radius 1 is 0.652 bits per heavy atom. The van der Waals surface area contributed by atoms with Crippen molar-refractivity contribution < 1.29 is 26.6 Å². The molecule has 0 heterocycles. The molecule has 0 N–H and O–H groups in total. The molecule has 0 fully saturated rings. The number of hydrogen-bond acceptors (Lipinski definition) is 0. The molecule has 0 nitrogen and oxygen atoms in total. The number of hydrogen-bond donors (Lipinski definition) is 0. The average Bonchev–Trinajstić information content (AvgIpc) is 2.69. The minimum Gasteiger partial charge on any atom is -1.00 e. The van der Waals surface area contributed by atoms with E-state index in [0.29, 0.717) is 15.9 Å². The minimum absolute atomic E-state index is 0. The van der Waals surface area contributed by atoms with Gasteiger partial charge in [-0.3, -0.25) is 0 Å². The van der Waals surface area contributed by atoms with Crippen molar-refractivity contribution in [1.82, 2.24) is 0 Å². The summed E-state index contributed by atoms with van der Waals surface area (Å²) in [5, 5.41) is 1.67. The second-order valence-corrected chi connectivity index (χ2v) is 8.36. The van der Waals surface area contributed by atoms with Gasteiger partial charge in [-0.2, -0.15) is 0 Å². The van der Waals surface area contributed by atoms with Gasteiger partial charge in [-0.15, -0.1) is 0 Å². The average molecular weight is 392 g/mol. The van der Waals surface area contributed by atoms with E-state index in [4.69, 9.17) is 8.22 Å². The molecule has 118 valence electrons. The van der Waals surface area contributed by atoms with E-state index >= 15 is 0 Å². The standard InChI is InChI=1S/C21H22P.BrH/c1-18(2)22(19-12-6-3-7-13-19,20-14-8-4-9-15-20)21-16-10-5-11-17-21;/h3-18H,1-2H3;1H/q+1;/p-1/i1D3,2D3,18D;. The van der Waals surface area contributed by atoms with Crippen LogP contribution in [0.3, 0.4) is 0 Å². The normalized spacial score (nSPS) is 17.1. The lowest BCUT2D eigenvalue weighted by Gasteiger charge is -2.31. The first-order valence-electron chi connectivity index (χ1n) is 10.6. The molecule has 0 aliphatic heterocycles. The van der Waals surface area contributed by atoms with Gasteiger partial charge in [0, 0.05) is 8.22 Å². The van der Waals surface area contributed by atoms with Gasteiger partial charge in [-0.05, 0) is 50.1 Å². The quantitative estimate of drug-likeness (QED) is 0.589. The Morgan fingerprint density at radius 2 is 0.957 bits per heavy atom. The van der Waals surface area contributed by atoms with Crippen molar-refractivity contribution in [1.29, 1.82) is 0 Å². The van der Waals surface area contributed by atoms with E-state index in [9.17, 15) is 1.37 Å². The smallest absolute Gasteiger partial charge is 0.114 e. The van der Waals surface area contributed by atoms with Crippen molar-refractivity contribution in [3.63, 3.8) is 0 Å². The molecule has 0 saturated carbocycles. The molecule has 0 amide bonds. The van der Waals surface area contributed by atoms with Crippen LogP contribution in [-0.4, -0.2) is 5.64 Å². The maximum atomic E-state index is 9.27. The van der Waals surface area contributed by atoms with Crippen molar-refractivity contribution >= 4 is 23.2 Å². The Labute approximate surface area is 160 Å². The van der Waals surface area contributed by atoms with Crippen LogP contribution < -0.4 is 32.9 Å². The Kier molecular flexibility index (Phi) is 3.59. The van der Waals surface area contributed by atoms with E-state index in [0.717, 1.165) is 0 Å². The molecular weight excluding hydrogens is 363 g/mol. The van der Waals surface area contributed by atoms with Crippen molar-refractivity contribution in [2.75, 3.05) is 0 Å². The van der Waals surface area contributed by atoms with E-state index in [2.05, 4.69) is 0 Å². The Hall–Kier alpha value is -1.43. The van der Waals surface area contributed by atoms with Crippen LogP contribution in [0.15, 0.2) is 91.0 Å². The fourth-order valence-corrected chi connectivity index (χ4v) is 6.32. The lowest BCUT2D eigenvalue weighted by Crippen LogP contribution is -3.00. The molecule has 2 heteroatoms. The molecule has 0 aliphatic rings. The van der Waals surface area contributed by atoms with Gasteiger partial charge in [0.1, 0.15) is 23.2 Å². The van der Waals surface area contributed by atoms with Crippen LogP contribution >= 0.6 is 7.26 Å². The molecule has 0 aromatic heterocycles. The molecule has 0 unspecified atom stereocenters. The summed E-state index contributed by atoms with van der Waals surface area (Å²) < 4.78 is 58.8. The predicted octanol–water partition coefficient (Wildman–Crippen LogP) is 1.39. The van der Waals surface area contributed by atoms with Crippen molar-refractivity contribution in [3.8, 4) is 0 Å². The summed E-state index contributed by atoms with van der Waals surface area (Å²) in [6.45, 7) is -6.12. The van der Waals surface area contributed by atoms with Gasteiger partial charge < -0.3 is 17.0 Å². The van der Waals surface area contributed by atoms with Crippen LogP contribution in [0.1, 0.15) is 23.3 Å². The highest BCUT2D eigenvalue weighted by Gasteiger charge is 2.48. The molecule has 0 aliphatic carbocycles. The minimum atomic E-state index is -3.48. The third-order valence-corrected chi connectivity index (χ3v) is 7.65. The molecule has 3 aromatic carbocycles. The van der Waals surface area contributed by atoms with E-state index in [1.54, 1.807) is 91.0 Å². The highest BCUT2D eigenvalue weighted by molar-refractivity contribution is 7.96. The summed E-state index contributed by atoms with van der Waals surface area (Å²) in [4.78, 5) is 0. The van der Waals surface area contributed by atoms with E-state index in [1.165, 1.54) is 0 Å². The first-order valence-corrected chi connectivity index (χ1v) is 8.92. The summed E-state index contributed by atoms with van der Waals surface area (Å²) in [5.74, 6) is 0. The van der Waals surface area contributed by atoms with Crippen molar-refractivity contribution in [2.24, 2.45) is 0 Å². The number of halogens is 1.